The summed E-state index contributed by atoms with van der Waals surface area (Å²) >= 11 is 0. The van der Waals surface area contributed by atoms with Gasteiger partial charge in [-0.05, 0) is 30.7 Å². The van der Waals surface area contributed by atoms with E-state index in [1.165, 1.54) is 70.6 Å². The van der Waals surface area contributed by atoms with Gasteiger partial charge in [-0.1, -0.05) is 77.6 Å². The second-order valence-electron chi connectivity index (χ2n) is 6.39. The van der Waals surface area contributed by atoms with Crippen LogP contribution in [-0.2, 0) is 4.84 Å². The number of hydrogen-bond donors (Lipinski definition) is 2. The monoisotopic (exact) mass is 321 g/mol. The van der Waals surface area contributed by atoms with Crippen LogP contribution in [0.3, 0.4) is 0 Å². The van der Waals surface area contributed by atoms with Gasteiger partial charge >= 0.3 is 0 Å². The maximum Gasteiger partial charge on any atom is 0.115 e. The molecular formula is C20H35NO2. The van der Waals surface area contributed by atoms with Crippen molar-refractivity contribution in [2.75, 3.05) is 12.1 Å². The summed E-state index contributed by atoms with van der Waals surface area (Å²) in [6.45, 7) is 3.01. The number of benzene rings is 1. The van der Waals surface area contributed by atoms with Crippen molar-refractivity contribution in [2.45, 2.75) is 84.0 Å². The van der Waals surface area contributed by atoms with E-state index in [2.05, 4.69) is 12.4 Å². The van der Waals surface area contributed by atoms with Crippen LogP contribution in [0.15, 0.2) is 24.3 Å². The molecule has 0 aliphatic carbocycles. The number of rotatable bonds is 15. The SMILES string of the molecule is CCCCCCCCCCCCCCONc1ccc(O)cc1. The van der Waals surface area contributed by atoms with Gasteiger partial charge in [0, 0.05) is 0 Å². The summed E-state index contributed by atoms with van der Waals surface area (Å²) < 4.78 is 0. The molecular weight excluding hydrogens is 286 g/mol. The molecule has 0 aromatic heterocycles. The molecule has 3 heteroatoms. The number of hydrogen-bond acceptors (Lipinski definition) is 3. The molecule has 0 aliphatic rings. The van der Waals surface area contributed by atoms with Gasteiger partial charge < -0.3 is 5.11 Å². The Balaban J connectivity index is 1.77. The number of unbranched alkanes of at least 4 members (excludes halogenated alkanes) is 11. The van der Waals surface area contributed by atoms with Gasteiger partial charge in [0.25, 0.3) is 0 Å². The van der Waals surface area contributed by atoms with E-state index in [1.807, 2.05) is 0 Å². The molecule has 0 saturated heterocycles. The molecule has 132 valence electrons. The highest BCUT2D eigenvalue weighted by molar-refractivity contribution is 5.43. The first kappa shape index (κ1) is 19.8. The molecule has 0 bridgehead atoms. The molecule has 0 unspecified atom stereocenters. The van der Waals surface area contributed by atoms with E-state index in [0.29, 0.717) is 0 Å². The standard InChI is InChI=1S/C20H35NO2/c1-2-3-4-5-6-7-8-9-10-11-12-13-18-23-21-19-14-16-20(22)17-15-19/h14-17,21-22H,2-13,18H2,1H3. The summed E-state index contributed by atoms with van der Waals surface area (Å²) in [6.07, 6.45) is 16.3. The highest BCUT2D eigenvalue weighted by Gasteiger charge is 1.95. The van der Waals surface area contributed by atoms with Crippen LogP contribution in [0, 0.1) is 0 Å². The first-order chi connectivity index (χ1) is 11.3. The molecule has 23 heavy (non-hydrogen) atoms. The van der Waals surface area contributed by atoms with Crippen molar-refractivity contribution in [3.8, 4) is 5.75 Å². The van der Waals surface area contributed by atoms with Gasteiger partial charge in [-0.2, -0.15) is 0 Å². The highest BCUT2D eigenvalue weighted by Crippen LogP contribution is 2.14. The minimum atomic E-state index is 0.275. The number of phenolic OH excluding ortho intramolecular Hbond substituents is 1. The quantitative estimate of drug-likeness (QED) is 0.222. The maximum absolute atomic E-state index is 9.18. The van der Waals surface area contributed by atoms with Crippen molar-refractivity contribution in [3.63, 3.8) is 0 Å². The molecule has 1 aromatic carbocycles. The lowest BCUT2D eigenvalue weighted by Gasteiger charge is -2.07. The Morgan fingerprint density at radius 1 is 0.739 bits per heavy atom. The van der Waals surface area contributed by atoms with E-state index in [4.69, 9.17) is 4.84 Å². The number of phenols is 1. The van der Waals surface area contributed by atoms with Crippen molar-refractivity contribution in [2.24, 2.45) is 0 Å². The van der Waals surface area contributed by atoms with Gasteiger partial charge in [-0.15, -0.1) is 0 Å². The predicted molar refractivity (Wildman–Crippen MR) is 98.8 cm³/mol. The zero-order valence-corrected chi connectivity index (χ0v) is 14.9. The van der Waals surface area contributed by atoms with Crippen molar-refractivity contribution >= 4 is 5.69 Å². The lowest BCUT2D eigenvalue weighted by molar-refractivity contribution is 0.187. The second-order valence-corrected chi connectivity index (χ2v) is 6.39. The number of nitrogens with one attached hydrogen (secondary N) is 1. The number of anilines is 1. The van der Waals surface area contributed by atoms with Gasteiger partial charge in [0.15, 0.2) is 0 Å². The molecule has 0 atom stereocenters. The van der Waals surface area contributed by atoms with Crippen LogP contribution < -0.4 is 5.48 Å². The van der Waals surface area contributed by atoms with Crippen LogP contribution in [0.2, 0.25) is 0 Å². The average molecular weight is 322 g/mol. The highest BCUT2D eigenvalue weighted by atomic mass is 16.6. The first-order valence-corrected chi connectivity index (χ1v) is 9.49. The van der Waals surface area contributed by atoms with Gasteiger partial charge in [0.1, 0.15) is 5.75 Å². The molecule has 0 amide bonds. The normalized spacial score (nSPS) is 10.8. The summed E-state index contributed by atoms with van der Waals surface area (Å²) in [7, 11) is 0. The third kappa shape index (κ3) is 11.9. The van der Waals surface area contributed by atoms with E-state index >= 15 is 0 Å². The summed E-state index contributed by atoms with van der Waals surface area (Å²) in [5.41, 5.74) is 3.78. The van der Waals surface area contributed by atoms with E-state index < -0.39 is 0 Å². The fraction of sp³-hybridized carbons (Fsp3) is 0.700. The third-order valence-corrected chi connectivity index (χ3v) is 4.16. The molecule has 2 N–H and O–H groups in total. The zero-order valence-electron chi connectivity index (χ0n) is 14.9. The van der Waals surface area contributed by atoms with Crippen LogP contribution in [0.25, 0.3) is 0 Å². The summed E-state index contributed by atoms with van der Waals surface area (Å²) in [5, 5.41) is 9.18. The molecule has 0 radical (unpaired) electrons. The Kier molecular flexibility index (Phi) is 12.4. The van der Waals surface area contributed by atoms with Crippen LogP contribution in [0.5, 0.6) is 5.75 Å². The Morgan fingerprint density at radius 3 is 1.74 bits per heavy atom. The lowest BCUT2D eigenvalue weighted by Crippen LogP contribution is -2.02. The molecule has 0 spiro atoms. The van der Waals surface area contributed by atoms with E-state index in [-0.39, 0.29) is 5.75 Å². The predicted octanol–water partition coefficient (Wildman–Crippen LogP) is 6.44. The molecule has 0 heterocycles. The Bertz CT molecular complexity index is 364. The van der Waals surface area contributed by atoms with Crippen molar-refractivity contribution in [1.29, 1.82) is 0 Å². The lowest BCUT2D eigenvalue weighted by atomic mass is 10.1. The number of aromatic hydroxyl groups is 1. The molecule has 1 aromatic rings. The Hall–Kier alpha value is -1.22. The molecule has 0 aliphatic heterocycles. The average Bonchev–Trinajstić information content (AvgIpc) is 2.57. The maximum atomic E-state index is 9.18. The van der Waals surface area contributed by atoms with Crippen molar-refractivity contribution in [1.82, 2.24) is 0 Å². The first-order valence-electron chi connectivity index (χ1n) is 9.49. The minimum Gasteiger partial charge on any atom is -0.508 e. The van der Waals surface area contributed by atoms with Gasteiger partial charge in [0.05, 0.1) is 12.3 Å². The fourth-order valence-corrected chi connectivity index (χ4v) is 2.68. The molecule has 3 nitrogen and oxygen atoms in total. The molecule has 0 fully saturated rings. The fourth-order valence-electron chi connectivity index (χ4n) is 2.68. The summed E-state index contributed by atoms with van der Waals surface area (Å²) in [5.74, 6) is 0.275. The summed E-state index contributed by atoms with van der Waals surface area (Å²) in [4.78, 5) is 5.42. The topological polar surface area (TPSA) is 41.5 Å². The van der Waals surface area contributed by atoms with Crippen LogP contribution in [0.4, 0.5) is 5.69 Å². The van der Waals surface area contributed by atoms with E-state index in [0.717, 1.165) is 18.7 Å². The van der Waals surface area contributed by atoms with E-state index in [9.17, 15) is 5.11 Å². The largest absolute Gasteiger partial charge is 0.508 e. The smallest absolute Gasteiger partial charge is 0.115 e. The Labute approximate surface area is 142 Å². The minimum absolute atomic E-state index is 0.275. The van der Waals surface area contributed by atoms with Gasteiger partial charge in [-0.3, -0.25) is 10.3 Å². The van der Waals surface area contributed by atoms with Crippen LogP contribution >= 0.6 is 0 Å². The summed E-state index contributed by atoms with van der Waals surface area (Å²) in [6, 6.07) is 6.90. The Morgan fingerprint density at radius 2 is 1.22 bits per heavy atom. The molecule has 0 saturated carbocycles. The second kappa shape index (κ2) is 14.4. The third-order valence-electron chi connectivity index (χ3n) is 4.16. The van der Waals surface area contributed by atoms with Crippen LogP contribution in [-0.4, -0.2) is 11.7 Å². The van der Waals surface area contributed by atoms with Crippen molar-refractivity contribution in [3.05, 3.63) is 24.3 Å². The van der Waals surface area contributed by atoms with Gasteiger partial charge in [-0.25, -0.2) is 0 Å². The molecule has 1 rings (SSSR count). The van der Waals surface area contributed by atoms with Crippen molar-refractivity contribution < 1.29 is 9.94 Å². The van der Waals surface area contributed by atoms with E-state index in [1.54, 1.807) is 24.3 Å². The zero-order chi connectivity index (χ0) is 16.6. The van der Waals surface area contributed by atoms with Crippen LogP contribution in [0.1, 0.15) is 84.0 Å². The van der Waals surface area contributed by atoms with Gasteiger partial charge in [0.2, 0.25) is 0 Å².